The molecule has 0 aromatic heterocycles. The van der Waals surface area contributed by atoms with Crippen LogP contribution in [0.2, 0.25) is 0 Å². The smallest absolute Gasteiger partial charge is 0.0954 e. The molecular weight excluding hydrogens is 231 g/mol. The Morgan fingerprint density at radius 1 is 1.33 bits per heavy atom. The zero-order valence-electron chi connectivity index (χ0n) is 8.62. The summed E-state index contributed by atoms with van der Waals surface area (Å²) in [5, 5.41) is 15.6. The summed E-state index contributed by atoms with van der Waals surface area (Å²) in [7, 11) is 2.92. The van der Waals surface area contributed by atoms with Gasteiger partial charge < -0.3 is 10.2 Å². The van der Waals surface area contributed by atoms with Gasteiger partial charge in [0.25, 0.3) is 0 Å². The first-order valence-corrected chi connectivity index (χ1v) is 3.94. The molecule has 73 valence electrons. The Morgan fingerprint density at radius 2 is 1.75 bits per heavy atom. The predicted octanol–water partition coefficient (Wildman–Crippen LogP) is 0.520. The summed E-state index contributed by atoms with van der Waals surface area (Å²) < 4.78 is 0. The van der Waals surface area contributed by atoms with Crippen LogP contribution in [0, 0.1) is 5.92 Å². The molecule has 1 unspecified atom stereocenters. The van der Waals surface area contributed by atoms with Gasteiger partial charge >= 0.3 is 0 Å². The van der Waals surface area contributed by atoms with E-state index in [1.807, 2.05) is 11.9 Å². The van der Waals surface area contributed by atoms with Gasteiger partial charge in [0.2, 0.25) is 0 Å². The van der Waals surface area contributed by atoms with Crippen LogP contribution in [-0.4, -0.2) is 42.5 Å². The van der Waals surface area contributed by atoms with E-state index in [-0.39, 0.29) is 39.4 Å². The van der Waals surface area contributed by atoms with E-state index < -0.39 is 0 Å². The van der Waals surface area contributed by atoms with Gasteiger partial charge in [-0.05, 0) is 13.0 Å². The van der Waals surface area contributed by atoms with E-state index in [1.54, 1.807) is 0 Å². The molecule has 0 aromatic rings. The molecule has 0 saturated carbocycles. The molecule has 0 spiro atoms. The standard InChI is InChI=1S/C7H17NO.CH4O.Y/c1-4-7(2)5-8(3)6-9;1-2;/h7,9H,4-6H2,1-3H3;2H,1H3;. The minimum atomic E-state index is 0. The fourth-order valence-electron chi connectivity index (χ4n) is 0.719. The van der Waals surface area contributed by atoms with E-state index in [9.17, 15) is 0 Å². The van der Waals surface area contributed by atoms with Crippen LogP contribution >= 0.6 is 0 Å². The summed E-state index contributed by atoms with van der Waals surface area (Å²) in [4.78, 5) is 1.91. The topological polar surface area (TPSA) is 43.7 Å². The molecule has 2 N–H and O–H groups in total. The first-order chi connectivity index (χ1) is 5.20. The Morgan fingerprint density at radius 3 is 2.00 bits per heavy atom. The average molecular weight is 252 g/mol. The molecule has 0 amide bonds. The fraction of sp³-hybridized carbons (Fsp3) is 1.00. The monoisotopic (exact) mass is 252 g/mol. The zero-order valence-corrected chi connectivity index (χ0v) is 11.5. The molecule has 4 heteroatoms. The second-order valence-corrected chi connectivity index (χ2v) is 2.69. The maximum atomic E-state index is 8.61. The molecular formula is C8H21NO2Y. The molecule has 0 rings (SSSR count). The Labute approximate surface area is 101 Å². The molecule has 0 aliphatic rings. The van der Waals surface area contributed by atoms with E-state index in [4.69, 9.17) is 10.2 Å². The van der Waals surface area contributed by atoms with Gasteiger partial charge in [-0.2, -0.15) is 0 Å². The molecule has 0 heterocycles. The summed E-state index contributed by atoms with van der Waals surface area (Å²) in [5.41, 5.74) is 0. The molecule has 0 aliphatic heterocycles. The average Bonchev–Trinajstić information content (AvgIpc) is 2.07. The number of aliphatic hydroxyl groups excluding tert-OH is 2. The third kappa shape index (κ3) is 13.6. The van der Waals surface area contributed by atoms with Crippen molar-refractivity contribution in [3.8, 4) is 0 Å². The van der Waals surface area contributed by atoms with E-state index >= 15 is 0 Å². The second kappa shape index (κ2) is 14.5. The van der Waals surface area contributed by atoms with Crippen LogP contribution in [0.5, 0.6) is 0 Å². The number of rotatable bonds is 4. The van der Waals surface area contributed by atoms with Gasteiger partial charge in [-0.1, -0.05) is 20.3 Å². The van der Waals surface area contributed by atoms with Crippen molar-refractivity contribution in [3.05, 3.63) is 0 Å². The molecule has 1 atom stereocenters. The van der Waals surface area contributed by atoms with E-state index in [0.29, 0.717) is 5.92 Å². The van der Waals surface area contributed by atoms with Crippen LogP contribution < -0.4 is 0 Å². The van der Waals surface area contributed by atoms with E-state index in [2.05, 4.69) is 13.8 Å². The number of aliphatic hydroxyl groups is 2. The number of hydrogen-bond acceptors (Lipinski definition) is 3. The molecule has 0 saturated heterocycles. The molecule has 1 radical (unpaired) electrons. The van der Waals surface area contributed by atoms with Crippen LogP contribution in [0.4, 0.5) is 0 Å². The summed E-state index contributed by atoms with van der Waals surface area (Å²) in [6.45, 7) is 5.51. The minimum Gasteiger partial charge on any atom is -0.400 e. The Bertz CT molecular complexity index is 66.1. The van der Waals surface area contributed by atoms with Crippen molar-refractivity contribution >= 4 is 0 Å². The van der Waals surface area contributed by atoms with Crippen molar-refractivity contribution in [2.45, 2.75) is 20.3 Å². The molecule has 0 bridgehead atoms. The van der Waals surface area contributed by atoms with Crippen molar-refractivity contribution in [2.24, 2.45) is 5.92 Å². The number of hydrogen-bond donors (Lipinski definition) is 2. The SMILES string of the molecule is CCC(C)CN(C)CO.CO.[Y]. The van der Waals surface area contributed by atoms with Gasteiger partial charge in [0, 0.05) is 46.4 Å². The quantitative estimate of drug-likeness (QED) is 0.717. The van der Waals surface area contributed by atoms with Crippen LogP contribution in [0.3, 0.4) is 0 Å². The summed E-state index contributed by atoms with van der Waals surface area (Å²) in [6, 6.07) is 0. The molecule has 12 heavy (non-hydrogen) atoms. The first-order valence-electron chi connectivity index (χ1n) is 3.94. The van der Waals surface area contributed by atoms with Crippen LogP contribution in [0.15, 0.2) is 0 Å². The molecule has 0 aromatic carbocycles. The summed E-state index contributed by atoms with van der Waals surface area (Å²) >= 11 is 0. The van der Waals surface area contributed by atoms with E-state index in [0.717, 1.165) is 13.7 Å². The minimum absolute atomic E-state index is 0. The van der Waals surface area contributed by atoms with Crippen LogP contribution in [0.25, 0.3) is 0 Å². The van der Waals surface area contributed by atoms with Gasteiger partial charge in [0.1, 0.15) is 0 Å². The molecule has 3 nitrogen and oxygen atoms in total. The van der Waals surface area contributed by atoms with Crippen molar-refractivity contribution in [3.63, 3.8) is 0 Å². The second-order valence-electron chi connectivity index (χ2n) is 2.69. The zero-order chi connectivity index (χ0) is 9.28. The van der Waals surface area contributed by atoms with Crippen molar-refractivity contribution < 1.29 is 42.9 Å². The maximum absolute atomic E-state index is 8.61. The third-order valence-electron chi connectivity index (χ3n) is 1.56. The Balaban J connectivity index is -0.000000249. The van der Waals surface area contributed by atoms with E-state index in [1.165, 1.54) is 6.42 Å². The van der Waals surface area contributed by atoms with Crippen LogP contribution in [0.1, 0.15) is 20.3 Å². The first kappa shape index (κ1) is 18.7. The van der Waals surface area contributed by atoms with Gasteiger partial charge in [0.05, 0.1) is 6.73 Å². The number of nitrogens with zero attached hydrogens (tertiary/aromatic N) is 1. The largest absolute Gasteiger partial charge is 0.400 e. The van der Waals surface area contributed by atoms with Gasteiger partial charge in [0.15, 0.2) is 0 Å². The van der Waals surface area contributed by atoms with Gasteiger partial charge in [-0.15, -0.1) is 0 Å². The Hall–Kier alpha value is 0.984. The van der Waals surface area contributed by atoms with Crippen molar-refractivity contribution in [2.75, 3.05) is 27.4 Å². The van der Waals surface area contributed by atoms with Crippen molar-refractivity contribution in [1.82, 2.24) is 4.90 Å². The molecule has 0 fully saturated rings. The molecule has 0 aliphatic carbocycles. The van der Waals surface area contributed by atoms with Gasteiger partial charge in [-0.3, -0.25) is 4.90 Å². The predicted molar refractivity (Wildman–Crippen MR) is 47.3 cm³/mol. The third-order valence-corrected chi connectivity index (χ3v) is 1.56. The fourth-order valence-corrected chi connectivity index (χ4v) is 0.719. The van der Waals surface area contributed by atoms with Crippen molar-refractivity contribution in [1.29, 1.82) is 0 Å². The Kier molecular flexibility index (Phi) is 22.6. The summed E-state index contributed by atoms with van der Waals surface area (Å²) in [6.07, 6.45) is 1.18. The van der Waals surface area contributed by atoms with Gasteiger partial charge in [-0.25, -0.2) is 0 Å². The summed E-state index contributed by atoms with van der Waals surface area (Å²) in [5.74, 6) is 0.696. The maximum Gasteiger partial charge on any atom is 0.0954 e. The normalized spacial score (nSPS) is 11.2. The van der Waals surface area contributed by atoms with Crippen LogP contribution in [-0.2, 0) is 32.7 Å².